The first kappa shape index (κ1) is 21.1. The molecule has 5 aliphatic rings. The molecular formula is C25H30N4O4S. The molecule has 0 atom stereocenters. The number of anilines is 2. The molecular weight excluding hydrogens is 452 g/mol. The smallest absolute Gasteiger partial charge is 0.241 e. The van der Waals surface area contributed by atoms with E-state index < -0.39 is 10.0 Å². The van der Waals surface area contributed by atoms with Crippen LogP contribution < -0.4 is 14.9 Å². The maximum Gasteiger partial charge on any atom is 0.241 e. The number of pyridine rings is 1. The average Bonchev–Trinajstić information content (AvgIpc) is 3.69. The molecule has 2 N–H and O–H groups in total. The summed E-state index contributed by atoms with van der Waals surface area (Å²) in [7, 11) is -3.69. The van der Waals surface area contributed by atoms with Gasteiger partial charge >= 0.3 is 0 Å². The van der Waals surface area contributed by atoms with E-state index in [0.29, 0.717) is 17.3 Å². The molecule has 1 amide bonds. The van der Waals surface area contributed by atoms with Gasteiger partial charge in [0.2, 0.25) is 15.9 Å². The van der Waals surface area contributed by atoms with Gasteiger partial charge in [0.25, 0.3) is 0 Å². The van der Waals surface area contributed by atoms with Crippen LogP contribution in [0.3, 0.4) is 0 Å². The van der Waals surface area contributed by atoms with Crippen molar-refractivity contribution in [3.05, 3.63) is 24.3 Å². The summed E-state index contributed by atoms with van der Waals surface area (Å²) in [5.74, 6) is 1.08. The molecule has 2 aromatic rings. The molecule has 9 heteroatoms. The molecule has 0 bridgehead atoms. The number of ether oxygens (including phenoxy) is 1. The van der Waals surface area contributed by atoms with Crippen molar-refractivity contribution in [3.8, 4) is 0 Å². The number of benzene rings is 1. The molecule has 3 saturated carbocycles. The Hall–Kier alpha value is -2.23. The third-order valence-corrected chi connectivity index (χ3v) is 10.4. The van der Waals surface area contributed by atoms with E-state index in [1.54, 1.807) is 12.1 Å². The fraction of sp³-hybridized carbons (Fsp3) is 0.600. The second-order valence-corrected chi connectivity index (χ2v) is 13.2. The number of aromatic nitrogens is 1. The summed E-state index contributed by atoms with van der Waals surface area (Å²) < 4.78 is 34.9. The number of carbonyl (C=O) groups excluding carboxylic acids is 1. The Labute approximate surface area is 199 Å². The highest BCUT2D eigenvalue weighted by Crippen LogP contribution is 2.75. The zero-order chi connectivity index (χ0) is 23.3. The van der Waals surface area contributed by atoms with E-state index in [-0.39, 0.29) is 27.2 Å². The molecule has 2 aliphatic heterocycles. The van der Waals surface area contributed by atoms with Gasteiger partial charge in [0.05, 0.1) is 29.0 Å². The molecule has 0 radical (unpaired) electrons. The maximum atomic E-state index is 13.3. The Morgan fingerprint density at radius 2 is 1.82 bits per heavy atom. The van der Waals surface area contributed by atoms with E-state index in [9.17, 15) is 13.2 Å². The van der Waals surface area contributed by atoms with Gasteiger partial charge in [0.1, 0.15) is 5.82 Å². The maximum absolute atomic E-state index is 13.3. The monoisotopic (exact) mass is 482 g/mol. The van der Waals surface area contributed by atoms with Gasteiger partial charge in [-0.2, -0.15) is 0 Å². The summed E-state index contributed by atoms with van der Waals surface area (Å²) in [5.41, 5.74) is 1.26. The number of carbonyl (C=O) groups is 1. The van der Waals surface area contributed by atoms with Gasteiger partial charge in [0.15, 0.2) is 0 Å². The number of nitrogens with one attached hydrogen (secondary N) is 2. The summed E-state index contributed by atoms with van der Waals surface area (Å²) in [5, 5.41) is 3.87. The molecule has 1 aromatic carbocycles. The number of amides is 1. The van der Waals surface area contributed by atoms with Crippen LogP contribution in [-0.4, -0.2) is 51.2 Å². The van der Waals surface area contributed by atoms with Crippen molar-refractivity contribution in [1.29, 1.82) is 0 Å². The van der Waals surface area contributed by atoms with Crippen LogP contribution in [0.25, 0.3) is 10.9 Å². The summed E-state index contributed by atoms with van der Waals surface area (Å²) in [6.07, 6.45) is 5.72. The second kappa shape index (κ2) is 6.71. The first-order valence-electron chi connectivity index (χ1n) is 12.3. The van der Waals surface area contributed by atoms with E-state index in [1.807, 2.05) is 19.1 Å². The number of rotatable bonds is 6. The molecule has 34 heavy (non-hydrogen) atoms. The highest BCUT2D eigenvalue weighted by atomic mass is 32.2. The Morgan fingerprint density at radius 1 is 1.12 bits per heavy atom. The number of fused-ring (bicyclic) bond motifs is 2. The minimum absolute atomic E-state index is 0.0423. The molecule has 8 nitrogen and oxygen atoms in total. The van der Waals surface area contributed by atoms with Crippen molar-refractivity contribution in [1.82, 2.24) is 9.71 Å². The minimum atomic E-state index is -3.69. The van der Waals surface area contributed by atoms with Crippen molar-refractivity contribution in [2.75, 3.05) is 36.5 Å². The fourth-order valence-corrected chi connectivity index (χ4v) is 7.07. The number of piperidine rings is 1. The van der Waals surface area contributed by atoms with Crippen molar-refractivity contribution in [2.45, 2.75) is 55.9 Å². The molecule has 0 unspecified atom stereocenters. The van der Waals surface area contributed by atoms with Gasteiger partial charge in [-0.25, -0.2) is 18.1 Å². The average molecular weight is 483 g/mol. The van der Waals surface area contributed by atoms with Crippen LogP contribution in [0.1, 0.15) is 45.4 Å². The first-order valence-corrected chi connectivity index (χ1v) is 13.8. The lowest BCUT2D eigenvalue weighted by atomic mass is 9.76. The normalized spacial score (nSPS) is 29.9. The van der Waals surface area contributed by atoms with Crippen LogP contribution in [0.5, 0.6) is 0 Å². The molecule has 3 heterocycles. The predicted octanol–water partition coefficient (Wildman–Crippen LogP) is 3.03. The van der Waals surface area contributed by atoms with E-state index >= 15 is 0 Å². The van der Waals surface area contributed by atoms with Crippen molar-refractivity contribution >= 4 is 38.3 Å². The van der Waals surface area contributed by atoms with Crippen LogP contribution in [0.4, 0.5) is 11.5 Å². The zero-order valence-electron chi connectivity index (χ0n) is 19.4. The summed E-state index contributed by atoms with van der Waals surface area (Å²) >= 11 is 0. The topological polar surface area (TPSA) is 101 Å². The van der Waals surface area contributed by atoms with Crippen molar-refractivity contribution in [3.63, 3.8) is 0 Å². The molecule has 2 saturated heterocycles. The van der Waals surface area contributed by atoms with Crippen LogP contribution >= 0.6 is 0 Å². The predicted molar refractivity (Wildman–Crippen MR) is 128 cm³/mol. The van der Waals surface area contributed by atoms with Gasteiger partial charge < -0.3 is 15.0 Å². The Kier molecular flexibility index (Phi) is 4.16. The lowest BCUT2D eigenvalue weighted by Gasteiger charge is -2.48. The van der Waals surface area contributed by atoms with Gasteiger partial charge in [0, 0.05) is 35.1 Å². The third kappa shape index (κ3) is 3.35. The third-order valence-electron chi connectivity index (χ3n) is 8.81. The zero-order valence-corrected chi connectivity index (χ0v) is 20.2. The Balaban J connectivity index is 1.26. The number of hydrogen-bond acceptors (Lipinski definition) is 6. The highest BCUT2D eigenvalue weighted by molar-refractivity contribution is 7.89. The lowest BCUT2D eigenvalue weighted by Crippen LogP contribution is -2.51. The summed E-state index contributed by atoms with van der Waals surface area (Å²) in [6, 6.07) is 7.24. The molecule has 180 valence electrons. The number of sulfonamides is 1. The van der Waals surface area contributed by atoms with Gasteiger partial charge in [-0.15, -0.1) is 0 Å². The van der Waals surface area contributed by atoms with Gasteiger partial charge in [-0.3, -0.25) is 4.79 Å². The quantitative estimate of drug-likeness (QED) is 0.657. The molecule has 3 aliphatic carbocycles. The SMILES string of the molecule is CC1(NS(=O)(=O)c2cc(N3CCC4(CC3)COC4)c3ccc(NC(=O)C45CC4C5)nc3c2)CC1. The van der Waals surface area contributed by atoms with Crippen molar-refractivity contribution < 1.29 is 17.9 Å². The van der Waals surface area contributed by atoms with E-state index in [1.165, 1.54) is 0 Å². The van der Waals surface area contributed by atoms with Crippen LogP contribution in [0.15, 0.2) is 29.2 Å². The van der Waals surface area contributed by atoms with Crippen molar-refractivity contribution in [2.24, 2.45) is 16.7 Å². The molecule has 5 fully saturated rings. The van der Waals surface area contributed by atoms with Crippen LogP contribution in [0.2, 0.25) is 0 Å². The second-order valence-electron chi connectivity index (χ2n) is 11.6. The number of hydrogen-bond donors (Lipinski definition) is 2. The minimum Gasteiger partial charge on any atom is -0.380 e. The van der Waals surface area contributed by atoms with E-state index in [0.717, 1.165) is 75.9 Å². The molecule has 7 rings (SSSR count). The first-order chi connectivity index (χ1) is 16.2. The summed E-state index contributed by atoms with van der Waals surface area (Å²) in [6.45, 7) is 5.30. The van der Waals surface area contributed by atoms with Gasteiger partial charge in [-0.05, 0) is 75.6 Å². The molecule has 1 aromatic heterocycles. The fourth-order valence-electron chi connectivity index (χ4n) is 5.56. The Bertz CT molecular complexity index is 1320. The number of nitrogens with zero attached hydrogens (tertiary/aromatic N) is 2. The van der Waals surface area contributed by atoms with E-state index in [4.69, 9.17) is 9.72 Å². The van der Waals surface area contributed by atoms with Crippen LogP contribution in [-0.2, 0) is 19.6 Å². The Morgan fingerprint density at radius 3 is 2.41 bits per heavy atom. The molecule has 1 spiro atoms. The largest absolute Gasteiger partial charge is 0.380 e. The van der Waals surface area contributed by atoms with Crippen LogP contribution in [0, 0.1) is 16.7 Å². The summed E-state index contributed by atoms with van der Waals surface area (Å²) in [4.78, 5) is 19.8. The highest BCUT2D eigenvalue weighted by Gasteiger charge is 2.74. The van der Waals surface area contributed by atoms with E-state index in [2.05, 4.69) is 14.9 Å². The van der Waals surface area contributed by atoms with Gasteiger partial charge in [-0.1, -0.05) is 0 Å². The standard InChI is InChI=1S/C25H30N4O4S/c1-23(4-5-23)28-34(31,32)17-10-19-18(2-3-21(26-19)27-22(30)25-12-16(25)13-25)20(11-17)29-8-6-24(7-9-29)14-33-15-24/h2-3,10-11,16,28H,4-9,12-15H2,1H3,(H,26,27,30). The lowest BCUT2D eigenvalue weighted by molar-refractivity contribution is -0.124.